The molecule has 0 aliphatic carbocycles. The molecule has 0 spiro atoms. The van der Waals surface area contributed by atoms with Crippen molar-refractivity contribution in [2.75, 3.05) is 11.9 Å². The van der Waals surface area contributed by atoms with Gasteiger partial charge in [0.15, 0.2) is 5.13 Å². The van der Waals surface area contributed by atoms with E-state index in [1.54, 1.807) is 6.07 Å². The molecule has 8 heteroatoms. The SMILES string of the molecule is CCOc1ccc(-c2nc(NC(=O)c3cc(Br)c(Br)s3)sc2C)cc1. The molecule has 0 fully saturated rings. The summed E-state index contributed by atoms with van der Waals surface area (Å²) < 4.78 is 7.22. The Morgan fingerprint density at radius 3 is 2.56 bits per heavy atom. The van der Waals surface area contributed by atoms with Crippen molar-refractivity contribution in [3.63, 3.8) is 0 Å². The van der Waals surface area contributed by atoms with Crippen LogP contribution in [0.2, 0.25) is 0 Å². The molecule has 0 bridgehead atoms. The van der Waals surface area contributed by atoms with Gasteiger partial charge in [0.1, 0.15) is 5.75 Å². The number of halogens is 2. The predicted molar refractivity (Wildman–Crippen MR) is 111 cm³/mol. The van der Waals surface area contributed by atoms with E-state index in [0.717, 1.165) is 30.1 Å². The fourth-order valence-corrected chi connectivity index (χ4v) is 4.97. The van der Waals surface area contributed by atoms with Crippen LogP contribution in [0.3, 0.4) is 0 Å². The van der Waals surface area contributed by atoms with Crippen molar-refractivity contribution in [3.8, 4) is 17.0 Å². The molecule has 4 nitrogen and oxygen atoms in total. The molecule has 0 saturated heterocycles. The van der Waals surface area contributed by atoms with E-state index < -0.39 is 0 Å². The van der Waals surface area contributed by atoms with Crippen LogP contribution in [0.15, 0.2) is 38.6 Å². The molecule has 0 aliphatic rings. The molecular formula is C17H14Br2N2O2S2. The number of nitrogens with one attached hydrogen (secondary N) is 1. The summed E-state index contributed by atoms with van der Waals surface area (Å²) >= 11 is 9.64. The number of aromatic nitrogens is 1. The van der Waals surface area contributed by atoms with Crippen molar-refractivity contribution >= 4 is 65.6 Å². The number of carbonyl (C=O) groups is 1. The van der Waals surface area contributed by atoms with Gasteiger partial charge in [0.05, 0.1) is 21.0 Å². The van der Waals surface area contributed by atoms with E-state index in [4.69, 9.17) is 4.74 Å². The third-order valence-corrected chi connectivity index (χ3v) is 7.47. The Hall–Kier alpha value is -1.22. The third-order valence-electron chi connectivity index (χ3n) is 3.32. The van der Waals surface area contributed by atoms with E-state index in [0.29, 0.717) is 16.6 Å². The van der Waals surface area contributed by atoms with Crippen molar-refractivity contribution in [2.24, 2.45) is 0 Å². The van der Waals surface area contributed by atoms with Gasteiger partial charge in [-0.3, -0.25) is 10.1 Å². The maximum atomic E-state index is 12.4. The van der Waals surface area contributed by atoms with Gasteiger partial charge in [-0.05, 0) is 76.0 Å². The van der Waals surface area contributed by atoms with Crippen molar-refractivity contribution in [1.82, 2.24) is 4.98 Å². The Bertz CT molecular complexity index is 885. The molecule has 2 aromatic heterocycles. The average molecular weight is 502 g/mol. The summed E-state index contributed by atoms with van der Waals surface area (Å²) in [6.45, 7) is 4.59. The molecule has 0 aliphatic heterocycles. The van der Waals surface area contributed by atoms with Crippen LogP contribution in [-0.4, -0.2) is 17.5 Å². The van der Waals surface area contributed by atoms with Crippen LogP contribution in [-0.2, 0) is 0 Å². The van der Waals surface area contributed by atoms with Gasteiger partial charge in [0, 0.05) is 14.9 Å². The van der Waals surface area contributed by atoms with Crippen molar-refractivity contribution < 1.29 is 9.53 Å². The molecule has 1 amide bonds. The Morgan fingerprint density at radius 1 is 1.24 bits per heavy atom. The topological polar surface area (TPSA) is 51.2 Å². The second-order valence-electron chi connectivity index (χ2n) is 5.07. The Morgan fingerprint density at radius 2 is 1.96 bits per heavy atom. The molecule has 3 aromatic rings. The zero-order chi connectivity index (χ0) is 18.0. The number of rotatable bonds is 5. The molecule has 0 atom stereocenters. The lowest BCUT2D eigenvalue weighted by atomic mass is 10.1. The lowest BCUT2D eigenvalue weighted by Crippen LogP contribution is -2.09. The minimum absolute atomic E-state index is 0.164. The molecule has 1 N–H and O–H groups in total. The van der Waals surface area contributed by atoms with Crippen LogP contribution in [0, 0.1) is 6.92 Å². The number of carbonyl (C=O) groups excluding carboxylic acids is 1. The van der Waals surface area contributed by atoms with Crippen LogP contribution in [0.5, 0.6) is 5.75 Å². The van der Waals surface area contributed by atoms with E-state index in [1.165, 1.54) is 22.7 Å². The lowest BCUT2D eigenvalue weighted by Gasteiger charge is -2.04. The van der Waals surface area contributed by atoms with Gasteiger partial charge in [0.25, 0.3) is 5.91 Å². The summed E-state index contributed by atoms with van der Waals surface area (Å²) in [6.07, 6.45) is 0. The molecular weight excluding hydrogens is 488 g/mol. The standard InChI is InChI=1S/C17H14Br2N2O2S2/c1-3-23-11-6-4-10(5-7-11)14-9(2)24-17(20-14)21-16(22)13-8-12(18)15(19)25-13/h4-8H,3H2,1-2H3,(H,20,21,22). The molecule has 0 saturated carbocycles. The largest absolute Gasteiger partial charge is 0.494 e. The Kier molecular flexibility index (Phi) is 5.93. The molecule has 0 unspecified atom stereocenters. The fourth-order valence-electron chi connectivity index (χ4n) is 2.21. The summed E-state index contributed by atoms with van der Waals surface area (Å²) in [5, 5.41) is 3.46. The highest BCUT2D eigenvalue weighted by atomic mass is 79.9. The number of hydrogen-bond donors (Lipinski definition) is 1. The van der Waals surface area contributed by atoms with Crippen molar-refractivity contribution in [3.05, 3.63) is 48.3 Å². The normalized spacial score (nSPS) is 10.7. The van der Waals surface area contributed by atoms with Gasteiger partial charge < -0.3 is 4.74 Å². The number of nitrogens with zero attached hydrogens (tertiary/aromatic N) is 1. The average Bonchev–Trinajstić information content (AvgIpc) is 3.11. The predicted octanol–water partition coefficient (Wildman–Crippen LogP) is 6.36. The van der Waals surface area contributed by atoms with Gasteiger partial charge in [-0.25, -0.2) is 4.98 Å². The van der Waals surface area contributed by atoms with Gasteiger partial charge in [-0.1, -0.05) is 0 Å². The molecule has 25 heavy (non-hydrogen) atoms. The van der Waals surface area contributed by atoms with Crippen LogP contribution in [0.25, 0.3) is 11.3 Å². The van der Waals surface area contributed by atoms with Crippen molar-refractivity contribution in [2.45, 2.75) is 13.8 Å². The van der Waals surface area contributed by atoms with E-state index in [9.17, 15) is 4.79 Å². The fraction of sp³-hybridized carbons (Fsp3) is 0.176. The number of hydrogen-bond acceptors (Lipinski definition) is 5. The quantitative estimate of drug-likeness (QED) is 0.442. The maximum absolute atomic E-state index is 12.4. The summed E-state index contributed by atoms with van der Waals surface area (Å²) in [6, 6.07) is 9.60. The number of thiazole rings is 1. The van der Waals surface area contributed by atoms with E-state index in [2.05, 4.69) is 42.2 Å². The third kappa shape index (κ3) is 4.31. The minimum atomic E-state index is -0.164. The van der Waals surface area contributed by atoms with E-state index in [1.807, 2.05) is 38.1 Å². The Labute approximate surface area is 170 Å². The maximum Gasteiger partial charge on any atom is 0.267 e. The van der Waals surface area contributed by atoms with Gasteiger partial charge >= 0.3 is 0 Å². The molecule has 1 aromatic carbocycles. The summed E-state index contributed by atoms with van der Waals surface area (Å²) in [5.74, 6) is 0.671. The molecule has 3 rings (SSSR count). The number of benzene rings is 1. The van der Waals surface area contributed by atoms with Crippen LogP contribution in [0.4, 0.5) is 5.13 Å². The van der Waals surface area contributed by atoms with Gasteiger partial charge in [-0.15, -0.1) is 22.7 Å². The molecule has 130 valence electrons. The number of anilines is 1. The second kappa shape index (κ2) is 7.99. The van der Waals surface area contributed by atoms with Crippen LogP contribution >= 0.6 is 54.5 Å². The van der Waals surface area contributed by atoms with Crippen molar-refractivity contribution in [1.29, 1.82) is 0 Å². The van der Waals surface area contributed by atoms with Crippen LogP contribution in [0.1, 0.15) is 21.5 Å². The van der Waals surface area contributed by atoms with Gasteiger partial charge in [0.2, 0.25) is 0 Å². The second-order valence-corrected chi connectivity index (χ2v) is 9.50. The minimum Gasteiger partial charge on any atom is -0.494 e. The first-order valence-electron chi connectivity index (χ1n) is 7.44. The highest BCUT2D eigenvalue weighted by molar-refractivity contribution is 9.13. The zero-order valence-electron chi connectivity index (χ0n) is 13.4. The first kappa shape index (κ1) is 18.6. The molecule has 0 radical (unpaired) electrons. The van der Waals surface area contributed by atoms with E-state index in [-0.39, 0.29) is 5.91 Å². The number of aryl methyl sites for hydroxylation is 1. The zero-order valence-corrected chi connectivity index (χ0v) is 18.2. The van der Waals surface area contributed by atoms with Crippen LogP contribution < -0.4 is 10.1 Å². The first-order chi connectivity index (χ1) is 12.0. The number of ether oxygens (including phenoxy) is 1. The highest BCUT2D eigenvalue weighted by Gasteiger charge is 2.16. The lowest BCUT2D eigenvalue weighted by molar-refractivity contribution is 0.103. The number of thiophene rings is 1. The Balaban J connectivity index is 1.78. The van der Waals surface area contributed by atoms with E-state index >= 15 is 0 Å². The first-order valence-corrected chi connectivity index (χ1v) is 10.7. The summed E-state index contributed by atoms with van der Waals surface area (Å²) in [4.78, 5) is 18.6. The monoisotopic (exact) mass is 500 g/mol. The highest BCUT2D eigenvalue weighted by Crippen LogP contribution is 2.34. The summed E-state index contributed by atoms with van der Waals surface area (Å²) in [7, 11) is 0. The van der Waals surface area contributed by atoms with Gasteiger partial charge in [-0.2, -0.15) is 0 Å². The smallest absolute Gasteiger partial charge is 0.267 e. The summed E-state index contributed by atoms with van der Waals surface area (Å²) in [5.41, 5.74) is 1.87. The number of amides is 1. The molecule has 2 heterocycles.